The van der Waals surface area contributed by atoms with E-state index in [1.165, 1.54) is 41.5 Å². The summed E-state index contributed by atoms with van der Waals surface area (Å²) in [6.07, 6.45) is 2.42. The van der Waals surface area contributed by atoms with Crippen molar-refractivity contribution in [3.05, 3.63) is 35.4 Å². The van der Waals surface area contributed by atoms with E-state index in [1.807, 2.05) is 19.1 Å². The topological polar surface area (TPSA) is 66.9 Å². The van der Waals surface area contributed by atoms with Crippen molar-refractivity contribution in [2.24, 2.45) is 0 Å². The Bertz CT molecular complexity index is 667. The summed E-state index contributed by atoms with van der Waals surface area (Å²) in [7, 11) is 0. The molecular weight excluding hydrogens is 328 g/mol. The van der Waals surface area contributed by atoms with Crippen LogP contribution in [0.1, 0.15) is 30.9 Å². The third-order valence-electron chi connectivity index (χ3n) is 3.55. The van der Waals surface area contributed by atoms with Crippen LogP contribution in [-0.2, 0) is 11.3 Å². The SMILES string of the molecule is Cc1ccc(CNC(=O)[C@H](C)Sc2nnc(NC3CC3)s2)cc1. The first kappa shape index (κ1) is 16.3. The molecule has 2 aromatic rings. The molecule has 0 bridgehead atoms. The van der Waals surface area contributed by atoms with Gasteiger partial charge in [0.2, 0.25) is 11.0 Å². The van der Waals surface area contributed by atoms with E-state index in [1.54, 1.807) is 0 Å². The maximum Gasteiger partial charge on any atom is 0.233 e. The minimum atomic E-state index is -0.192. The first-order valence-electron chi connectivity index (χ1n) is 7.70. The third kappa shape index (κ3) is 4.94. The quantitative estimate of drug-likeness (QED) is 0.752. The highest BCUT2D eigenvalue weighted by Gasteiger charge is 2.23. The minimum absolute atomic E-state index is 0.0162. The van der Waals surface area contributed by atoms with Gasteiger partial charge < -0.3 is 10.6 Å². The Morgan fingerprint density at radius 3 is 2.78 bits per heavy atom. The second-order valence-electron chi connectivity index (χ2n) is 5.76. The van der Waals surface area contributed by atoms with Crippen LogP contribution in [0.25, 0.3) is 0 Å². The number of anilines is 1. The Balaban J connectivity index is 1.46. The summed E-state index contributed by atoms with van der Waals surface area (Å²) in [6, 6.07) is 8.74. The molecule has 1 aromatic heterocycles. The number of hydrogen-bond donors (Lipinski definition) is 2. The minimum Gasteiger partial charge on any atom is -0.357 e. The Morgan fingerprint density at radius 1 is 1.35 bits per heavy atom. The van der Waals surface area contributed by atoms with Crippen LogP contribution < -0.4 is 10.6 Å². The van der Waals surface area contributed by atoms with E-state index >= 15 is 0 Å². The predicted molar refractivity (Wildman–Crippen MR) is 94.9 cm³/mol. The number of carbonyl (C=O) groups is 1. The van der Waals surface area contributed by atoms with Crippen LogP contribution in [-0.4, -0.2) is 27.4 Å². The van der Waals surface area contributed by atoms with Crippen LogP contribution in [0.15, 0.2) is 28.6 Å². The van der Waals surface area contributed by atoms with E-state index in [0.717, 1.165) is 15.0 Å². The largest absolute Gasteiger partial charge is 0.357 e. The fourth-order valence-corrected chi connectivity index (χ4v) is 3.96. The van der Waals surface area contributed by atoms with Gasteiger partial charge in [-0.05, 0) is 32.3 Å². The molecule has 5 nitrogen and oxygen atoms in total. The van der Waals surface area contributed by atoms with Crippen molar-refractivity contribution >= 4 is 34.1 Å². The van der Waals surface area contributed by atoms with Gasteiger partial charge in [-0.3, -0.25) is 4.79 Å². The number of rotatable bonds is 7. The molecule has 1 saturated carbocycles. The van der Waals surface area contributed by atoms with Gasteiger partial charge in [-0.15, -0.1) is 10.2 Å². The summed E-state index contributed by atoms with van der Waals surface area (Å²) < 4.78 is 0.825. The van der Waals surface area contributed by atoms with Crippen molar-refractivity contribution in [1.29, 1.82) is 0 Å². The average molecular weight is 348 g/mol. The molecule has 2 N–H and O–H groups in total. The molecule has 23 heavy (non-hydrogen) atoms. The summed E-state index contributed by atoms with van der Waals surface area (Å²) in [5.74, 6) is 0.0162. The molecule has 0 radical (unpaired) electrons. The molecule has 1 aromatic carbocycles. The summed E-state index contributed by atoms with van der Waals surface area (Å²) in [5.41, 5.74) is 2.32. The number of thioether (sulfide) groups is 1. The van der Waals surface area contributed by atoms with Gasteiger partial charge in [0.1, 0.15) is 0 Å². The highest BCUT2D eigenvalue weighted by atomic mass is 32.2. The highest BCUT2D eigenvalue weighted by molar-refractivity contribution is 8.02. The van der Waals surface area contributed by atoms with E-state index in [0.29, 0.717) is 12.6 Å². The van der Waals surface area contributed by atoms with Gasteiger partial charge in [0.15, 0.2) is 4.34 Å². The molecule has 7 heteroatoms. The monoisotopic (exact) mass is 348 g/mol. The van der Waals surface area contributed by atoms with E-state index in [-0.39, 0.29) is 11.2 Å². The van der Waals surface area contributed by atoms with Gasteiger partial charge in [0, 0.05) is 12.6 Å². The number of amides is 1. The van der Waals surface area contributed by atoms with Crippen LogP contribution in [0.5, 0.6) is 0 Å². The van der Waals surface area contributed by atoms with Crippen LogP contribution in [0.2, 0.25) is 0 Å². The summed E-state index contributed by atoms with van der Waals surface area (Å²) in [5, 5.41) is 15.2. The van der Waals surface area contributed by atoms with Crippen LogP contribution in [0.3, 0.4) is 0 Å². The molecule has 122 valence electrons. The van der Waals surface area contributed by atoms with Crippen LogP contribution in [0, 0.1) is 6.92 Å². The van der Waals surface area contributed by atoms with Crippen molar-refractivity contribution in [3.8, 4) is 0 Å². The zero-order valence-electron chi connectivity index (χ0n) is 13.2. The molecular formula is C16H20N4OS2. The first-order valence-corrected chi connectivity index (χ1v) is 9.40. The fourth-order valence-electron chi connectivity index (χ4n) is 1.96. The predicted octanol–water partition coefficient (Wildman–Crippen LogP) is 3.22. The first-order chi connectivity index (χ1) is 11.1. The Morgan fingerprint density at radius 2 is 2.09 bits per heavy atom. The molecule has 3 rings (SSSR count). The molecule has 0 saturated heterocycles. The lowest BCUT2D eigenvalue weighted by Gasteiger charge is -2.10. The van der Waals surface area contributed by atoms with Gasteiger partial charge >= 0.3 is 0 Å². The number of benzene rings is 1. The number of carbonyl (C=O) groups excluding carboxylic acids is 1. The number of aryl methyl sites for hydroxylation is 1. The normalized spacial score (nSPS) is 15.2. The standard InChI is InChI=1S/C16H20N4OS2/c1-10-3-5-12(6-4-10)9-17-14(21)11(2)22-16-20-19-15(23-16)18-13-7-8-13/h3-6,11,13H,7-9H2,1-2H3,(H,17,21)(H,18,19)/t11-/m0/s1. The molecule has 1 aliphatic carbocycles. The molecule has 1 atom stereocenters. The van der Waals surface area contributed by atoms with Crippen molar-refractivity contribution in [1.82, 2.24) is 15.5 Å². The van der Waals surface area contributed by atoms with Crippen molar-refractivity contribution in [2.45, 2.75) is 48.9 Å². The maximum atomic E-state index is 12.2. The molecule has 1 amide bonds. The molecule has 1 fully saturated rings. The lowest BCUT2D eigenvalue weighted by atomic mass is 10.1. The number of nitrogens with one attached hydrogen (secondary N) is 2. The summed E-state index contributed by atoms with van der Waals surface area (Å²) >= 11 is 2.96. The second-order valence-corrected chi connectivity index (χ2v) is 8.32. The maximum absolute atomic E-state index is 12.2. The van der Waals surface area contributed by atoms with Gasteiger partial charge in [0.25, 0.3) is 0 Å². The van der Waals surface area contributed by atoms with Gasteiger partial charge in [-0.2, -0.15) is 0 Å². The average Bonchev–Trinajstić information content (AvgIpc) is 3.25. The second kappa shape index (κ2) is 7.31. The van der Waals surface area contributed by atoms with Crippen LogP contribution in [0.4, 0.5) is 5.13 Å². The summed E-state index contributed by atoms with van der Waals surface area (Å²) in [4.78, 5) is 12.2. The number of aromatic nitrogens is 2. The zero-order chi connectivity index (χ0) is 16.2. The van der Waals surface area contributed by atoms with Gasteiger partial charge in [0.05, 0.1) is 5.25 Å². The fraction of sp³-hybridized carbons (Fsp3) is 0.438. The van der Waals surface area contributed by atoms with Gasteiger partial charge in [-0.25, -0.2) is 0 Å². The molecule has 0 aliphatic heterocycles. The Hall–Kier alpha value is -1.60. The Kier molecular flexibility index (Phi) is 5.17. The Labute approximate surface area is 144 Å². The molecule has 0 unspecified atom stereocenters. The van der Waals surface area contributed by atoms with Crippen molar-refractivity contribution < 1.29 is 4.79 Å². The zero-order valence-corrected chi connectivity index (χ0v) is 14.8. The van der Waals surface area contributed by atoms with E-state index in [2.05, 4.69) is 39.9 Å². The number of nitrogens with zero attached hydrogens (tertiary/aromatic N) is 2. The molecule has 0 spiro atoms. The van der Waals surface area contributed by atoms with Crippen molar-refractivity contribution in [2.75, 3.05) is 5.32 Å². The summed E-state index contributed by atoms with van der Waals surface area (Å²) in [6.45, 7) is 4.49. The smallest absolute Gasteiger partial charge is 0.233 e. The van der Waals surface area contributed by atoms with Crippen LogP contribution >= 0.6 is 23.1 Å². The molecule has 1 heterocycles. The van der Waals surface area contributed by atoms with E-state index in [4.69, 9.17) is 0 Å². The van der Waals surface area contributed by atoms with Crippen molar-refractivity contribution in [3.63, 3.8) is 0 Å². The van der Waals surface area contributed by atoms with Gasteiger partial charge in [-0.1, -0.05) is 52.9 Å². The van der Waals surface area contributed by atoms with E-state index in [9.17, 15) is 4.79 Å². The molecule has 1 aliphatic rings. The lowest BCUT2D eigenvalue weighted by Crippen LogP contribution is -2.30. The lowest BCUT2D eigenvalue weighted by molar-refractivity contribution is -0.120. The third-order valence-corrected chi connectivity index (χ3v) is 5.58. The highest BCUT2D eigenvalue weighted by Crippen LogP contribution is 2.32. The van der Waals surface area contributed by atoms with E-state index < -0.39 is 0 Å². The number of hydrogen-bond acceptors (Lipinski definition) is 6.